The van der Waals surface area contributed by atoms with Crippen molar-refractivity contribution in [2.24, 2.45) is 0 Å². The number of likely N-dealkylation sites (tertiary alicyclic amines) is 1. The van der Waals surface area contributed by atoms with Gasteiger partial charge >= 0.3 is 17.9 Å². The molecule has 1 unspecified atom stereocenters. The van der Waals surface area contributed by atoms with Crippen LogP contribution >= 0.6 is 0 Å². The quantitative estimate of drug-likeness (QED) is 0.385. The van der Waals surface area contributed by atoms with Crippen molar-refractivity contribution in [2.75, 3.05) is 19.7 Å². The van der Waals surface area contributed by atoms with E-state index in [2.05, 4.69) is 11.8 Å². The molecule has 11 nitrogen and oxygen atoms in total. The van der Waals surface area contributed by atoms with E-state index in [1.165, 1.54) is 19.3 Å². The van der Waals surface area contributed by atoms with E-state index in [1.807, 2.05) is 31.2 Å². The van der Waals surface area contributed by atoms with Gasteiger partial charge in [0.15, 0.2) is 17.1 Å². The third kappa shape index (κ3) is 8.15. The molecule has 1 aromatic rings. The second-order valence-corrected chi connectivity index (χ2v) is 8.58. The van der Waals surface area contributed by atoms with E-state index in [0.29, 0.717) is 6.61 Å². The third-order valence-corrected chi connectivity index (χ3v) is 5.61. The van der Waals surface area contributed by atoms with Gasteiger partial charge < -0.3 is 34.6 Å². The molecule has 1 aromatic carbocycles. The van der Waals surface area contributed by atoms with E-state index < -0.39 is 42.1 Å². The first-order chi connectivity index (χ1) is 15.9. The summed E-state index contributed by atoms with van der Waals surface area (Å²) in [5.74, 6) is -3.98. The van der Waals surface area contributed by atoms with Crippen molar-refractivity contribution < 1.29 is 49.0 Å². The minimum absolute atomic E-state index is 0.178. The summed E-state index contributed by atoms with van der Waals surface area (Å²) < 4.78 is 17.8. The number of ether oxygens (including phenoxy) is 3. The Hall–Kier alpha value is -2.89. The van der Waals surface area contributed by atoms with Crippen molar-refractivity contribution >= 4 is 17.9 Å². The Morgan fingerprint density at radius 3 is 1.97 bits per heavy atom. The molecule has 0 aromatic heterocycles. The average molecular weight is 484 g/mol. The molecule has 11 heteroatoms. The molecular weight excluding hydrogens is 450 g/mol. The number of benzene rings is 1. The zero-order valence-electron chi connectivity index (χ0n) is 19.4. The summed E-state index contributed by atoms with van der Waals surface area (Å²) in [5, 5.41) is 33.8. The maximum Gasteiger partial charge on any atom is 0.336 e. The summed E-state index contributed by atoms with van der Waals surface area (Å²) in [6.45, 7) is 7.05. The fourth-order valence-corrected chi connectivity index (χ4v) is 3.72. The number of carboxylic acid groups (broad SMARTS) is 3. The van der Waals surface area contributed by atoms with Gasteiger partial charge in [-0.1, -0.05) is 18.6 Å². The number of aliphatic carboxylic acids is 3. The SMILES string of the molecule is CC(OCCC1(C)Oc2ccccc2O1)N1CCCCC1.O=C(O)CC(O)(CC(=O)O)C(=O)O. The van der Waals surface area contributed by atoms with Gasteiger partial charge in [0, 0.05) is 26.4 Å². The van der Waals surface area contributed by atoms with Gasteiger partial charge in [0.25, 0.3) is 5.79 Å². The third-order valence-electron chi connectivity index (χ3n) is 5.61. The molecular formula is C23H33NO10. The lowest BCUT2D eigenvalue weighted by Crippen LogP contribution is -2.42. The van der Waals surface area contributed by atoms with Crippen LogP contribution in [-0.2, 0) is 19.1 Å². The number of piperidine rings is 1. The van der Waals surface area contributed by atoms with Crippen LogP contribution in [0, 0.1) is 0 Å². The van der Waals surface area contributed by atoms with Crippen LogP contribution in [0.3, 0.4) is 0 Å². The summed E-state index contributed by atoms with van der Waals surface area (Å²) in [5.41, 5.74) is -2.74. The summed E-state index contributed by atoms with van der Waals surface area (Å²) in [4.78, 5) is 32.9. The highest BCUT2D eigenvalue weighted by Gasteiger charge is 2.41. The fourth-order valence-electron chi connectivity index (χ4n) is 3.72. The van der Waals surface area contributed by atoms with Crippen molar-refractivity contribution in [1.82, 2.24) is 4.90 Å². The molecule has 1 fully saturated rings. The van der Waals surface area contributed by atoms with Crippen molar-refractivity contribution in [3.8, 4) is 11.5 Å². The summed E-state index contributed by atoms with van der Waals surface area (Å²) in [7, 11) is 0. The smallest absolute Gasteiger partial charge is 0.336 e. The number of para-hydroxylation sites is 2. The summed E-state index contributed by atoms with van der Waals surface area (Å²) in [6, 6.07) is 7.81. The molecule has 190 valence electrons. The van der Waals surface area contributed by atoms with Gasteiger partial charge in [-0.2, -0.15) is 0 Å². The van der Waals surface area contributed by atoms with Gasteiger partial charge in [-0.3, -0.25) is 14.5 Å². The molecule has 0 saturated carbocycles. The van der Waals surface area contributed by atoms with Gasteiger partial charge in [-0.25, -0.2) is 4.79 Å². The number of nitrogens with zero attached hydrogens (tertiary/aromatic N) is 1. The van der Waals surface area contributed by atoms with E-state index in [9.17, 15) is 14.4 Å². The largest absolute Gasteiger partial charge is 0.481 e. The first-order valence-corrected chi connectivity index (χ1v) is 11.2. The van der Waals surface area contributed by atoms with Crippen molar-refractivity contribution in [3.05, 3.63) is 24.3 Å². The Morgan fingerprint density at radius 1 is 1.03 bits per heavy atom. The predicted octanol–water partition coefficient (Wildman–Crippen LogP) is 2.16. The van der Waals surface area contributed by atoms with E-state index in [1.54, 1.807) is 0 Å². The number of aliphatic hydroxyl groups is 1. The number of hydrogen-bond donors (Lipinski definition) is 4. The Balaban J connectivity index is 0.000000273. The van der Waals surface area contributed by atoms with E-state index in [0.717, 1.165) is 31.0 Å². The molecule has 0 aliphatic carbocycles. The Morgan fingerprint density at radius 2 is 1.53 bits per heavy atom. The maximum atomic E-state index is 10.3. The van der Waals surface area contributed by atoms with E-state index in [-0.39, 0.29) is 6.23 Å². The maximum absolute atomic E-state index is 10.3. The first-order valence-electron chi connectivity index (χ1n) is 11.2. The van der Waals surface area contributed by atoms with Gasteiger partial charge in [0.05, 0.1) is 19.4 Å². The minimum atomic E-state index is -2.74. The van der Waals surface area contributed by atoms with Gasteiger partial charge in [0.1, 0.15) is 6.23 Å². The highest BCUT2D eigenvalue weighted by molar-refractivity contribution is 5.88. The molecule has 2 aliphatic rings. The number of carbonyl (C=O) groups is 3. The molecule has 0 spiro atoms. The van der Waals surface area contributed by atoms with Crippen LogP contribution in [0.1, 0.15) is 52.4 Å². The highest BCUT2D eigenvalue weighted by Crippen LogP contribution is 2.40. The Kier molecular flexibility index (Phi) is 9.66. The van der Waals surface area contributed by atoms with E-state index in [4.69, 9.17) is 34.6 Å². The number of hydrogen-bond acceptors (Lipinski definition) is 8. The van der Waals surface area contributed by atoms with Crippen molar-refractivity contribution in [3.63, 3.8) is 0 Å². The Labute approximate surface area is 197 Å². The zero-order valence-corrected chi connectivity index (χ0v) is 19.4. The second-order valence-electron chi connectivity index (χ2n) is 8.58. The molecule has 1 saturated heterocycles. The van der Waals surface area contributed by atoms with Crippen LogP contribution in [-0.4, -0.2) is 80.5 Å². The second kappa shape index (κ2) is 12.0. The summed E-state index contributed by atoms with van der Waals surface area (Å²) in [6.07, 6.45) is 2.53. The minimum Gasteiger partial charge on any atom is -0.481 e. The zero-order chi connectivity index (χ0) is 25.4. The van der Waals surface area contributed by atoms with Gasteiger partial charge in [-0.05, 0) is 31.9 Å². The molecule has 2 aliphatic heterocycles. The lowest BCUT2D eigenvalue weighted by molar-refractivity contribution is -0.170. The molecule has 0 radical (unpaired) electrons. The van der Waals surface area contributed by atoms with Crippen LogP contribution in [0.15, 0.2) is 24.3 Å². The van der Waals surface area contributed by atoms with Crippen LogP contribution < -0.4 is 9.47 Å². The lowest BCUT2D eigenvalue weighted by Gasteiger charge is -2.32. The Bertz CT molecular complexity index is 811. The standard InChI is InChI=1S/C17H25NO3.C6H8O7/c1-14(18-11-6-3-7-12-18)19-13-10-17(2)20-15-8-4-5-9-16(15)21-17;7-3(8)1-6(13,5(11)12)2-4(9)10/h4-5,8-9,14H,3,6-7,10-13H2,1-2H3;13H,1-2H2,(H,7,8)(H,9,10)(H,11,12). The first kappa shape index (κ1) is 27.4. The molecule has 1 atom stereocenters. The summed E-state index contributed by atoms with van der Waals surface area (Å²) >= 11 is 0. The predicted molar refractivity (Wildman–Crippen MR) is 119 cm³/mol. The van der Waals surface area contributed by atoms with Crippen LogP contribution in [0.25, 0.3) is 0 Å². The van der Waals surface area contributed by atoms with Crippen LogP contribution in [0.4, 0.5) is 0 Å². The average Bonchev–Trinajstić information content (AvgIpc) is 3.09. The molecule has 3 rings (SSSR count). The normalized spacial score (nSPS) is 17.9. The molecule has 4 N–H and O–H groups in total. The van der Waals surface area contributed by atoms with Crippen molar-refractivity contribution in [2.45, 2.75) is 70.0 Å². The molecule has 0 amide bonds. The fraction of sp³-hybridized carbons (Fsp3) is 0.609. The lowest BCUT2D eigenvalue weighted by atomic mass is 9.96. The topological polar surface area (TPSA) is 163 Å². The molecule has 34 heavy (non-hydrogen) atoms. The number of rotatable bonds is 10. The van der Waals surface area contributed by atoms with Gasteiger partial charge in [0.2, 0.25) is 0 Å². The van der Waals surface area contributed by atoms with Crippen LogP contribution in [0.5, 0.6) is 11.5 Å². The monoisotopic (exact) mass is 483 g/mol. The van der Waals surface area contributed by atoms with Gasteiger partial charge in [-0.15, -0.1) is 0 Å². The molecule has 2 heterocycles. The van der Waals surface area contributed by atoms with Crippen molar-refractivity contribution in [1.29, 1.82) is 0 Å². The van der Waals surface area contributed by atoms with Crippen LogP contribution in [0.2, 0.25) is 0 Å². The number of carboxylic acids is 3. The highest BCUT2D eigenvalue weighted by atomic mass is 16.7. The number of fused-ring (bicyclic) bond motifs is 1. The van der Waals surface area contributed by atoms with E-state index >= 15 is 0 Å². The molecule has 0 bridgehead atoms.